The van der Waals surface area contributed by atoms with E-state index in [0.29, 0.717) is 21.3 Å². The van der Waals surface area contributed by atoms with Crippen LogP contribution in [0, 0.1) is 5.82 Å². The number of nitrogen functional groups attached to an aromatic ring is 1. The van der Waals surface area contributed by atoms with E-state index in [4.69, 9.17) is 33.7 Å². The van der Waals surface area contributed by atoms with Crippen molar-refractivity contribution in [1.82, 2.24) is 0 Å². The van der Waals surface area contributed by atoms with Gasteiger partial charge in [0.1, 0.15) is 6.61 Å². The number of rotatable bonds is 3. The van der Waals surface area contributed by atoms with E-state index in [1.807, 2.05) is 0 Å². The second kappa shape index (κ2) is 5.46. The Bertz CT molecular complexity index is 575. The lowest BCUT2D eigenvalue weighted by atomic mass is 10.2. The van der Waals surface area contributed by atoms with Crippen molar-refractivity contribution in [2.24, 2.45) is 0 Å². The van der Waals surface area contributed by atoms with Crippen molar-refractivity contribution in [1.29, 1.82) is 0 Å². The largest absolute Gasteiger partial charge is 0.486 e. The molecule has 18 heavy (non-hydrogen) atoms. The molecule has 0 spiro atoms. The summed E-state index contributed by atoms with van der Waals surface area (Å²) in [6.07, 6.45) is 0. The van der Waals surface area contributed by atoms with Gasteiger partial charge >= 0.3 is 0 Å². The van der Waals surface area contributed by atoms with E-state index < -0.39 is 5.82 Å². The highest BCUT2D eigenvalue weighted by Crippen LogP contribution is 2.24. The number of hydrogen-bond donors (Lipinski definition) is 1. The average Bonchev–Trinajstić information content (AvgIpc) is 2.32. The van der Waals surface area contributed by atoms with Crippen molar-refractivity contribution >= 4 is 28.9 Å². The molecule has 2 nitrogen and oxygen atoms in total. The molecule has 2 N–H and O–H groups in total. The Morgan fingerprint density at radius 3 is 2.61 bits per heavy atom. The van der Waals surface area contributed by atoms with Gasteiger partial charge in [0, 0.05) is 27.4 Å². The first-order valence-electron chi connectivity index (χ1n) is 5.18. The zero-order chi connectivity index (χ0) is 13.1. The Labute approximate surface area is 114 Å². The van der Waals surface area contributed by atoms with E-state index in [-0.39, 0.29) is 12.4 Å². The van der Waals surface area contributed by atoms with Gasteiger partial charge in [-0.05, 0) is 30.3 Å². The first-order chi connectivity index (χ1) is 8.56. The minimum Gasteiger partial charge on any atom is -0.486 e. The molecule has 2 aromatic carbocycles. The van der Waals surface area contributed by atoms with Crippen molar-refractivity contribution in [2.45, 2.75) is 6.61 Å². The van der Waals surface area contributed by atoms with Crippen LogP contribution in [0.2, 0.25) is 10.0 Å². The topological polar surface area (TPSA) is 35.2 Å². The minimum absolute atomic E-state index is 0.125. The van der Waals surface area contributed by atoms with Crippen LogP contribution in [0.25, 0.3) is 0 Å². The van der Waals surface area contributed by atoms with Gasteiger partial charge in [0.05, 0.1) is 0 Å². The lowest BCUT2D eigenvalue weighted by Gasteiger charge is -2.09. The summed E-state index contributed by atoms with van der Waals surface area (Å²) in [4.78, 5) is 0. The molecule has 0 atom stereocenters. The number of halogens is 3. The fourth-order valence-electron chi connectivity index (χ4n) is 1.44. The van der Waals surface area contributed by atoms with Crippen molar-refractivity contribution in [3.05, 3.63) is 57.8 Å². The van der Waals surface area contributed by atoms with Crippen molar-refractivity contribution in [3.63, 3.8) is 0 Å². The van der Waals surface area contributed by atoms with Gasteiger partial charge in [-0.15, -0.1) is 0 Å². The van der Waals surface area contributed by atoms with Crippen LogP contribution in [0.3, 0.4) is 0 Å². The average molecular weight is 286 g/mol. The van der Waals surface area contributed by atoms with Crippen molar-refractivity contribution in [2.75, 3.05) is 5.73 Å². The van der Waals surface area contributed by atoms with Gasteiger partial charge in [0.25, 0.3) is 0 Å². The molecule has 0 unspecified atom stereocenters. The van der Waals surface area contributed by atoms with Crippen molar-refractivity contribution < 1.29 is 9.13 Å². The van der Waals surface area contributed by atoms with E-state index >= 15 is 0 Å². The van der Waals surface area contributed by atoms with Crippen molar-refractivity contribution in [3.8, 4) is 5.75 Å². The summed E-state index contributed by atoms with van der Waals surface area (Å²) in [6.45, 7) is 0.139. The molecule has 0 aliphatic heterocycles. The molecule has 0 radical (unpaired) electrons. The summed E-state index contributed by atoms with van der Waals surface area (Å²) >= 11 is 11.8. The lowest BCUT2D eigenvalue weighted by molar-refractivity contribution is 0.290. The summed E-state index contributed by atoms with van der Waals surface area (Å²) in [5.41, 5.74) is 6.49. The quantitative estimate of drug-likeness (QED) is 0.854. The number of anilines is 1. The third kappa shape index (κ3) is 3.06. The van der Waals surface area contributed by atoms with Crippen LogP contribution in [-0.4, -0.2) is 0 Å². The Morgan fingerprint density at radius 2 is 1.89 bits per heavy atom. The highest BCUT2D eigenvalue weighted by Gasteiger charge is 2.06. The lowest BCUT2D eigenvalue weighted by Crippen LogP contribution is -1.99. The molecule has 0 bridgehead atoms. The summed E-state index contributed by atoms with van der Waals surface area (Å²) < 4.78 is 18.8. The van der Waals surface area contributed by atoms with Gasteiger partial charge in [-0.25, -0.2) is 4.39 Å². The number of benzene rings is 2. The molecular formula is C13H10Cl2FNO. The van der Waals surface area contributed by atoms with E-state index in [9.17, 15) is 4.39 Å². The Morgan fingerprint density at radius 1 is 1.11 bits per heavy atom. The Kier molecular flexibility index (Phi) is 3.94. The van der Waals surface area contributed by atoms with E-state index in [0.717, 1.165) is 0 Å². The van der Waals surface area contributed by atoms with Gasteiger partial charge < -0.3 is 10.5 Å². The van der Waals surface area contributed by atoms with Crippen LogP contribution in [0.15, 0.2) is 36.4 Å². The fourth-order valence-corrected chi connectivity index (χ4v) is 1.81. The predicted molar refractivity (Wildman–Crippen MR) is 71.6 cm³/mol. The molecule has 0 amide bonds. The van der Waals surface area contributed by atoms with Gasteiger partial charge in [0.15, 0.2) is 11.6 Å². The standard InChI is InChI=1S/C13H10Cl2FNO/c14-9-1-3-11(15)8(5-9)7-18-13-4-2-10(17)6-12(13)16/h1-6H,7,17H2. The predicted octanol–water partition coefficient (Wildman–Crippen LogP) is 4.29. The number of nitrogens with two attached hydrogens (primary N) is 1. The van der Waals surface area contributed by atoms with Crippen LogP contribution in [0.5, 0.6) is 5.75 Å². The summed E-state index contributed by atoms with van der Waals surface area (Å²) in [5.74, 6) is -0.381. The van der Waals surface area contributed by atoms with E-state index in [1.165, 1.54) is 12.1 Å². The van der Waals surface area contributed by atoms with Gasteiger partial charge in [-0.2, -0.15) is 0 Å². The molecule has 5 heteroatoms. The number of ether oxygens (including phenoxy) is 1. The monoisotopic (exact) mass is 285 g/mol. The molecule has 2 aromatic rings. The highest BCUT2D eigenvalue weighted by molar-refractivity contribution is 6.33. The highest BCUT2D eigenvalue weighted by atomic mass is 35.5. The molecule has 0 saturated heterocycles. The molecule has 0 aliphatic rings. The zero-order valence-corrected chi connectivity index (χ0v) is 10.8. The van der Waals surface area contributed by atoms with Crippen LogP contribution in [0.1, 0.15) is 5.56 Å². The maximum atomic E-state index is 13.5. The summed E-state index contributed by atoms with van der Waals surface area (Å²) in [6, 6.07) is 9.27. The molecular weight excluding hydrogens is 276 g/mol. The smallest absolute Gasteiger partial charge is 0.167 e. The first kappa shape index (κ1) is 13.0. The van der Waals surface area contributed by atoms with Gasteiger partial charge in [-0.1, -0.05) is 23.2 Å². The molecule has 0 aliphatic carbocycles. The second-order valence-electron chi connectivity index (χ2n) is 3.71. The Hall–Kier alpha value is -1.45. The molecule has 0 saturated carbocycles. The Balaban J connectivity index is 2.13. The first-order valence-corrected chi connectivity index (χ1v) is 5.93. The molecule has 0 heterocycles. The van der Waals surface area contributed by atoms with Crippen LogP contribution in [0.4, 0.5) is 10.1 Å². The minimum atomic E-state index is -0.506. The van der Waals surface area contributed by atoms with Gasteiger partial charge in [0.2, 0.25) is 0 Å². The summed E-state index contributed by atoms with van der Waals surface area (Å²) in [5, 5.41) is 1.08. The zero-order valence-electron chi connectivity index (χ0n) is 9.29. The van der Waals surface area contributed by atoms with Crippen LogP contribution >= 0.6 is 23.2 Å². The van der Waals surface area contributed by atoms with Crippen LogP contribution < -0.4 is 10.5 Å². The SMILES string of the molecule is Nc1ccc(OCc2cc(Cl)ccc2Cl)c(F)c1. The van der Waals surface area contributed by atoms with Gasteiger partial charge in [-0.3, -0.25) is 0 Å². The fraction of sp³-hybridized carbons (Fsp3) is 0.0769. The molecule has 2 rings (SSSR count). The van der Waals surface area contributed by atoms with Crippen LogP contribution in [-0.2, 0) is 6.61 Å². The number of hydrogen-bond acceptors (Lipinski definition) is 2. The maximum absolute atomic E-state index is 13.5. The summed E-state index contributed by atoms with van der Waals surface area (Å²) in [7, 11) is 0. The second-order valence-corrected chi connectivity index (χ2v) is 4.56. The van der Waals surface area contributed by atoms with E-state index in [2.05, 4.69) is 0 Å². The normalized spacial score (nSPS) is 10.4. The molecule has 0 aromatic heterocycles. The maximum Gasteiger partial charge on any atom is 0.167 e. The molecule has 94 valence electrons. The molecule has 0 fully saturated rings. The third-order valence-corrected chi connectivity index (χ3v) is 2.95. The van der Waals surface area contributed by atoms with E-state index in [1.54, 1.807) is 24.3 Å². The third-order valence-electron chi connectivity index (χ3n) is 2.35.